The van der Waals surface area contributed by atoms with Crippen molar-refractivity contribution in [1.82, 2.24) is 34.3 Å². The summed E-state index contributed by atoms with van der Waals surface area (Å²) in [7, 11) is 0. The molecular formula is C27H22BrFN8O3. The lowest BCUT2D eigenvalue weighted by atomic mass is 10.1. The number of hydrogen-bond acceptors (Lipinski definition) is 7. The Morgan fingerprint density at radius 2 is 2.00 bits per heavy atom. The number of ketones is 1. The molecule has 1 aliphatic rings. The van der Waals surface area contributed by atoms with Crippen molar-refractivity contribution in [3.05, 3.63) is 71.2 Å². The molecule has 0 radical (unpaired) electrons. The molecule has 5 aromatic rings. The van der Waals surface area contributed by atoms with Crippen molar-refractivity contribution < 1.29 is 18.8 Å². The van der Waals surface area contributed by atoms with Gasteiger partial charge in [0.2, 0.25) is 11.8 Å². The molecule has 6 rings (SSSR count). The molecule has 5 heterocycles. The average molecular weight is 605 g/mol. The van der Waals surface area contributed by atoms with Gasteiger partial charge in [-0.1, -0.05) is 12.1 Å². The molecule has 11 nitrogen and oxygen atoms in total. The molecule has 1 aliphatic heterocycles. The van der Waals surface area contributed by atoms with Gasteiger partial charge in [-0.25, -0.2) is 18.9 Å². The standard InChI is InChI=1S/C27H22BrFN8O3/c1-15(38)26-18-10-16(21-12-30-24-6-3-9-31-37(21)24)7-8-19(18)36(34-26)14-25(39)35-13-17(29)11-20(35)27(40)33-23-5-2-4-22(28)32-23/h2-10,12,17,20H,11,13-14H2,1H3,(H,32,33,40)/t17-,20+/m1/s1. The highest BCUT2D eigenvalue weighted by molar-refractivity contribution is 9.10. The highest BCUT2D eigenvalue weighted by Gasteiger charge is 2.40. The molecule has 1 N–H and O–H groups in total. The summed E-state index contributed by atoms with van der Waals surface area (Å²) in [6.45, 7) is 0.917. The van der Waals surface area contributed by atoms with Crippen LogP contribution in [-0.2, 0) is 16.1 Å². The number of Topliss-reactive ketones (excluding diaryl/α,β-unsaturated/α-hetero) is 1. The number of amides is 2. The smallest absolute Gasteiger partial charge is 0.248 e. The number of nitrogens with zero attached hydrogens (tertiary/aromatic N) is 7. The molecule has 1 fully saturated rings. The molecule has 4 aromatic heterocycles. The lowest BCUT2D eigenvalue weighted by Gasteiger charge is -2.23. The van der Waals surface area contributed by atoms with Crippen molar-refractivity contribution >= 4 is 55.9 Å². The van der Waals surface area contributed by atoms with E-state index in [0.29, 0.717) is 21.2 Å². The summed E-state index contributed by atoms with van der Waals surface area (Å²) in [4.78, 5) is 48.6. The summed E-state index contributed by atoms with van der Waals surface area (Å²) < 4.78 is 18.1. The Morgan fingerprint density at radius 1 is 1.15 bits per heavy atom. The molecule has 1 aromatic carbocycles. The number of carbonyl (C=O) groups excluding carboxylic acids is 3. The Bertz CT molecular complexity index is 1800. The molecule has 1 saturated heterocycles. The van der Waals surface area contributed by atoms with E-state index in [1.54, 1.807) is 47.2 Å². The summed E-state index contributed by atoms with van der Waals surface area (Å²) in [6, 6.07) is 13.1. The number of anilines is 1. The molecule has 0 aliphatic carbocycles. The molecule has 13 heteroatoms. The minimum atomic E-state index is -1.35. The first kappa shape index (κ1) is 25.7. The van der Waals surface area contributed by atoms with Crippen molar-refractivity contribution in [2.75, 3.05) is 11.9 Å². The molecule has 0 saturated carbocycles. The Kier molecular flexibility index (Phi) is 6.58. The van der Waals surface area contributed by atoms with Gasteiger partial charge in [0.1, 0.15) is 34.9 Å². The Morgan fingerprint density at radius 3 is 2.80 bits per heavy atom. The van der Waals surface area contributed by atoms with Crippen LogP contribution in [0.1, 0.15) is 23.8 Å². The van der Waals surface area contributed by atoms with Crippen molar-refractivity contribution in [3.8, 4) is 11.3 Å². The zero-order chi connectivity index (χ0) is 28.0. The normalized spacial score (nSPS) is 17.0. The predicted octanol–water partition coefficient (Wildman–Crippen LogP) is 3.68. The average Bonchev–Trinajstić information content (AvgIpc) is 3.63. The van der Waals surface area contributed by atoms with Crippen LogP contribution < -0.4 is 5.32 Å². The van der Waals surface area contributed by atoms with Crippen LogP contribution >= 0.6 is 15.9 Å². The number of benzene rings is 1. The fraction of sp³-hybridized carbons (Fsp3) is 0.222. The number of imidazole rings is 1. The van der Waals surface area contributed by atoms with Gasteiger partial charge in [0.05, 0.1) is 24.0 Å². The van der Waals surface area contributed by atoms with E-state index in [2.05, 4.69) is 41.4 Å². The van der Waals surface area contributed by atoms with E-state index in [1.165, 1.54) is 16.5 Å². The minimum Gasteiger partial charge on any atom is -0.326 e. The van der Waals surface area contributed by atoms with Gasteiger partial charge in [0, 0.05) is 30.5 Å². The molecule has 2 atom stereocenters. The fourth-order valence-corrected chi connectivity index (χ4v) is 5.30. The SMILES string of the molecule is CC(=O)c1nn(CC(=O)N2C[C@H](F)C[C@H]2C(=O)Nc2cccc(Br)n2)c2ccc(-c3cnc4cccnn34)cc12. The lowest BCUT2D eigenvalue weighted by Crippen LogP contribution is -2.44. The summed E-state index contributed by atoms with van der Waals surface area (Å²) in [5.41, 5.74) is 2.93. The van der Waals surface area contributed by atoms with Crippen LogP contribution in [0.4, 0.5) is 10.2 Å². The summed E-state index contributed by atoms with van der Waals surface area (Å²) in [5.74, 6) is -0.999. The molecule has 0 bridgehead atoms. The van der Waals surface area contributed by atoms with Gasteiger partial charge >= 0.3 is 0 Å². The summed E-state index contributed by atoms with van der Waals surface area (Å²) in [5, 5.41) is 12.0. The number of halogens is 2. The van der Waals surface area contributed by atoms with E-state index in [-0.39, 0.29) is 36.8 Å². The second-order valence-electron chi connectivity index (χ2n) is 9.46. The van der Waals surface area contributed by atoms with Gasteiger partial charge in [-0.3, -0.25) is 19.1 Å². The Balaban J connectivity index is 1.29. The number of hydrogen-bond donors (Lipinski definition) is 1. The van der Waals surface area contributed by atoms with Gasteiger partial charge in [0.15, 0.2) is 11.4 Å². The van der Waals surface area contributed by atoms with E-state index in [4.69, 9.17) is 0 Å². The van der Waals surface area contributed by atoms with Gasteiger partial charge in [-0.05, 0) is 52.3 Å². The van der Waals surface area contributed by atoms with E-state index in [1.807, 2.05) is 18.2 Å². The zero-order valence-corrected chi connectivity index (χ0v) is 22.7. The first-order chi connectivity index (χ1) is 19.3. The number of aromatic nitrogens is 6. The summed E-state index contributed by atoms with van der Waals surface area (Å²) >= 11 is 3.25. The maximum Gasteiger partial charge on any atom is 0.248 e. The second kappa shape index (κ2) is 10.2. The largest absolute Gasteiger partial charge is 0.326 e. The number of rotatable bonds is 6. The van der Waals surface area contributed by atoms with Crippen LogP contribution in [0, 0.1) is 0 Å². The quantitative estimate of drug-likeness (QED) is 0.231. The van der Waals surface area contributed by atoms with Gasteiger partial charge < -0.3 is 10.2 Å². The number of fused-ring (bicyclic) bond motifs is 2. The topological polar surface area (TPSA) is 127 Å². The van der Waals surface area contributed by atoms with Crippen molar-refractivity contribution in [1.29, 1.82) is 0 Å². The van der Waals surface area contributed by atoms with E-state index >= 15 is 0 Å². The third kappa shape index (κ3) is 4.72. The number of likely N-dealkylation sites (tertiary alicyclic amines) is 1. The molecule has 202 valence electrons. The van der Waals surface area contributed by atoms with Crippen molar-refractivity contribution in [2.24, 2.45) is 0 Å². The van der Waals surface area contributed by atoms with Crippen LogP contribution in [0.15, 0.2) is 65.5 Å². The number of alkyl halides is 1. The van der Waals surface area contributed by atoms with E-state index < -0.39 is 24.0 Å². The fourth-order valence-electron chi connectivity index (χ4n) is 4.96. The Hall–Kier alpha value is -4.52. The molecule has 0 spiro atoms. The Labute approximate surface area is 235 Å². The molecule has 2 amide bonds. The van der Waals surface area contributed by atoms with Gasteiger partial charge in [-0.2, -0.15) is 10.2 Å². The summed E-state index contributed by atoms with van der Waals surface area (Å²) in [6.07, 6.45) is 1.88. The first-order valence-electron chi connectivity index (χ1n) is 12.5. The first-order valence-corrected chi connectivity index (χ1v) is 13.3. The van der Waals surface area contributed by atoms with Crippen molar-refractivity contribution in [2.45, 2.75) is 32.1 Å². The minimum absolute atomic E-state index is 0.124. The van der Waals surface area contributed by atoms with E-state index in [9.17, 15) is 18.8 Å². The zero-order valence-electron chi connectivity index (χ0n) is 21.2. The van der Waals surface area contributed by atoms with Gasteiger partial charge in [0.25, 0.3) is 0 Å². The highest BCUT2D eigenvalue weighted by Crippen LogP contribution is 2.28. The number of nitrogens with one attached hydrogen (secondary N) is 1. The maximum atomic E-state index is 14.5. The lowest BCUT2D eigenvalue weighted by molar-refractivity contribution is -0.137. The van der Waals surface area contributed by atoms with Crippen LogP contribution in [0.3, 0.4) is 0 Å². The maximum absolute atomic E-state index is 14.5. The van der Waals surface area contributed by atoms with Gasteiger partial charge in [-0.15, -0.1) is 0 Å². The molecular weight excluding hydrogens is 583 g/mol. The highest BCUT2D eigenvalue weighted by atomic mass is 79.9. The molecule has 40 heavy (non-hydrogen) atoms. The van der Waals surface area contributed by atoms with E-state index in [0.717, 1.165) is 11.3 Å². The van der Waals surface area contributed by atoms with Crippen LogP contribution in [0.25, 0.3) is 27.8 Å². The van der Waals surface area contributed by atoms with Crippen LogP contribution in [0.2, 0.25) is 0 Å². The van der Waals surface area contributed by atoms with Crippen LogP contribution in [0.5, 0.6) is 0 Å². The number of pyridine rings is 1. The monoisotopic (exact) mass is 604 g/mol. The third-order valence-electron chi connectivity index (χ3n) is 6.78. The third-order valence-corrected chi connectivity index (χ3v) is 7.22. The van der Waals surface area contributed by atoms with Crippen LogP contribution in [-0.4, -0.2) is 70.6 Å². The second-order valence-corrected chi connectivity index (χ2v) is 10.3. The number of carbonyl (C=O) groups is 3. The van der Waals surface area contributed by atoms with Crippen molar-refractivity contribution in [3.63, 3.8) is 0 Å². The predicted molar refractivity (Wildman–Crippen MR) is 147 cm³/mol. The molecule has 0 unspecified atom stereocenters.